The zero-order valence-corrected chi connectivity index (χ0v) is 13.6. The van der Waals surface area contributed by atoms with Gasteiger partial charge in [-0.15, -0.1) is 11.3 Å². The van der Waals surface area contributed by atoms with E-state index in [0.29, 0.717) is 12.0 Å². The smallest absolute Gasteiger partial charge is 0.229 e. The Morgan fingerprint density at radius 2 is 2.18 bits per heavy atom. The molecule has 1 aliphatic rings. The number of anilines is 1. The molecule has 112 valence electrons. The predicted octanol–water partition coefficient (Wildman–Crippen LogP) is 3.91. The maximum Gasteiger partial charge on any atom is 0.229 e. The van der Waals surface area contributed by atoms with Crippen LogP contribution in [-0.4, -0.2) is 5.91 Å². The second-order valence-electron chi connectivity index (χ2n) is 5.83. The van der Waals surface area contributed by atoms with Gasteiger partial charge < -0.3 is 5.32 Å². The van der Waals surface area contributed by atoms with E-state index in [-0.39, 0.29) is 5.91 Å². The number of thiophene rings is 1. The molecule has 2 aromatic rings. The van der Waals surface area contributed by atoms with Gasteiger partial charge in [-0.25, -0.2) is 0 Å². The average molecular weight is 310 g/mol. The molecule has 0 fully saturated rings. The quantitative estimate of drug-likeness (QED) is 0.934. The van der Waals surface area contributed by atoms with Gasteiger partial charge in [-0.3, -0.25) is 4.79 Å². The van der Waals surface area contributed by atoms with Crippen LogP contribution in [0.5, 0.6) is 0 Å². The molecule has 0 aliphatic heterocycles. The van der Waals surface area contributed by atoms with Crippen LogP contribution in [0.15, 0.2) is 18.2 Å². The summed E-state index contributed by atoms with van der Waals surface area (Å²) in [5, 5.41) is 13.0. The standard InChI is InChI=1S/C18H18N2OS/c1-11-6-7-12(2)13(8-11)9-17(21)20-18-15(10-19)14-4-3-5-16(14)22-18/h6-8H,3-5,9H2,1-2H3,(H,20,21). The summed E-state index contributed by atoms with van der Waals surface area (Å²) in [4.78, 5) is 13.6. The first-order valence-corrected chi connectivity index (χ1v) is 8.30. The van der Waals surface area contributed by atoms with Crippen LogP contribution in [0.3, 0.4) is 0 Å². The molecule has 0 unspecified atom stereocenters. The fourth-order valence-electron chi connectivity index (χ4n) is 2.95. The highest BCUT2D eigenvalue weighted by Gasteiger charge is 2.23. The van der Waals surface area contributed by atoms with Crippen molar-refractivity contribution in [2.24, 2.45) is 0 Å². The molecule has 3 rings (SSSR count). The maximum atomic E-state index is 12.3. The lowest BCUT2D eigenvalue weighted by molar-refractivity contribution is -0.115. The minimum Gasteiger partial charge on any atom is -0.316 e. The van der Waals surface area contributed by atoms with Gasteiger partial charge in [0.15, 0.2) is 0 Å². The Balaban J connectivity index is 1.78. The minimum atomic E-state index is -0.0508. The van der Waals surface area contributed by atoms with Crippen molar-refractivity contribution in [2.45, 2.75) is 39.5 Å². The van der Waals surface area contributed by atoms with Gasteiger partial charge in [0.1, 0.15) is 11.1 Å². The van der Waals surface area contributed by atoms with Crippen molar-refractivity contribution in [3.63, 3.8) is 0 Å². The Morgan fingerprint density at radius 1 is 1.36 bits per heavy atom. The highest BCUT2D eigenvalue weighted by Crippen LogP contribution is 2.38. The van der Waals surface area contributed by atoms with Gasteiger partial charge in [0, 0.05) is 4.88 Å². The Kier molecular flexibility index (Phi) is 4.00. The first kappa shape index (κ1) is 14.8. The van der Waals surface area contributed by atoms with Gasteiger partial charge in [0.2, 0.25) is 5.91 Å². The van der Waals surface area contributed by atoms with Crippen molar-refractivity contribution in [3.05, 3.63) is 50.9 Å². The molecular weight excluding hydrogens is 292 g/mol. The number of hydrogen-bond donors (Lipinski definition) is 1. The summed E-state index contributed by atoms with van der Waals surface area (Å²) < 4.78 is 0. The van der Waals surface area contributed by atoms with Crippen molar-refractivity contribution in [1.29, 1.82) is 5.26 Å². The Labute approximate surface area is 134 Å². The minimum absolute atomic E-state index is 0.0508. The van der Waals surface area contributed by atoms with E-state index in [2.05, 4.69) is 17.5 Å². The van der Waals surface area contributed by atoms with E-state index in [0.717, 1.165) is 46.5 Å². The highest BCUT2D eigenvalue weighted by atomic mass is 32.1. The number of carbonyl (C=O) groups is 1. The molecule has 4 heteroatoms. The highest BCUT2D eigenvalue weighted by molar-refractivity contribution is 7.16. The van der Waals surface area contributed by atoms with Crippen molar-refractivity contribution in [3.8, 4) is 6.07 Å². The molecule has 0 atom stereocenters. The number of benzene rings is 1. The topological polar surface area (TPSA) is 52.9 Å². The SMILES string of the molecule is Cc1ccc(C)c(CC(=O)Nc2sc3c(c2C#N)CCC3)c1. The van der Waals surface area contributed by atoms with E-state index in [4.69, 9.17) is 0 Å². The Hall–Kier alpha value is -2.12. The maximum absolute atomic E-state index is 12.3. The number of fused-ring (bicyclic) bond motifs is 1. The fraction of sp³-hybridized carbons (Fsp3) is 0.333. The molecule has 1 N–H and O–H groups in total. The molecule has 1 amide bonds. The molecule has 0 spiro atoms. The lowest BCUT2D eigenvalue weighted by Crippen LogP contribution is -2.15. The lowest BCUT2D eigenvalue weighted by atomic mass is 10.0. The summed E-state index contributed by atoms with van der Waals surface area (Å²) in [6.45, 7) is 4.04. The first-order valence-electron chi connectivity index (χ1n) is 7.49. The second-order valence-corrected chi connectivity index (χ2v) is 6.93. The molecule has 1 aromatic carbocycles. The zero-order valence-electron chi connectivity index (χ0n) is 12.8. The van der Waals surface area contributed by atoms with E-state index in [1.54, 1.807) is 11.3 Å². The molecule has 3 nitrogen and oxygen atoms in total. The molecule has 0 radical (unpaired) electrons. The number of hydrogen-bond acceptors (Lipinski definition) is 3. The number of nitriles is 1. The zero-order chi connectivity index (χ0) is 15.7. The van der Waals surface area contributed by atoms with Gasteiger partial charge in [0.25, 0.3) is 0 Å². The molecule has 1 aliphatic carbocycles. The monoisotopic (exact) mass is 310 g/mol. The first-order chi connectivity index (χ1) is 10.6. The molecular formula is C18H18N2OS. The summed E-state index contributed by atoms with van der Waals surface area (Å²) in [6.07, 6.45) is 3.45. The summed E-state index contributed by atoms with van der Waals surface area (Å²) in [7, 11) is 0. The summed E-state index contributed by atoms with van der Waals surface area (Å²) >= 11 is 1.56. The van der Waals surface area contributed by atoms with Crippen LogP contribution in [0.1, 0.15) is 39.1 Å². The van der Waals surface area contributed by atoms with Crippen molar-refractivity contribution >= 4 is 22.2 Å². The number of carbonyl (C=O) groups excluding carboxylic acids is 1. The second kappa shape index (κ2) is 5.94. The van der Waals surface area contributed by atoms with Crippen LogP contribution in [0, 0.1) is 25.2 Å². The van der Waals surface area contributed by atoms with Gasteiger partial charge in [-0.2, -0.15) is 5.26 Å². The van der Waals surface area contributed by atoms with Crippen molar-refractivity contribution in [2.75, 3.05) is 5.32 Å². The normalized spacial score (nSPS) is 12.8. The third kappa shape index (κ3) is 2.77. The van der Waals surface area contributed by atoms with E-state index in [9.17, 15) is 10.1 Å². The third-order valence-electron chi connectivity index (χ3n) is 4.14. The number of nitrogens with one attached hydrogen (secondary N) is 1. The van der Waals surface area contributed by atoms with Crippen LogP contribution in [-0.2, 0) is 24.1 Å². The number of aryl methyl sites for hydroxylation is 3. The van der Waals surface area contributed by atoms with E-state index in [1.807, 2.05) is 26.0 Å². The molecule has 1 heterocycles. The van der Waals surface area contributed by atoms with Gasteiger partial charge in [0.05, 0.1) is 12.0 Å². The molecule has 0 saturated heterocycles. The van der Waals surface area contributed by atoms with Crippen LogP contribution >= 0.6 is 11.3 Å². The van der Waals surface area contributed by atoms with Crippen LogP contribution in [0.2, 0.25) is 0 Å². The number of nitrogens with zero attached hydrogens (tertiary/aromatic N) is 1. The predicted molar refractivity (Wildman–Crippen MR) is 89.3 cm³/mol. The van der Waals surface area contributed by atoms with Gasteiger partial charge in [-0.05, 0) is 49.8 Å². The van der Waals surface area contributed by atoms with Gasteiger partial charge >= 0.3 is 0 Å². The Morgan fingerprint density at radius 3 is 2.95 bits per heavy atom. The van der Waals surface area contributed by atoms with Crippen molar-refractivity contribution < 1.29 is 4.79 Å². The average Bonchev–Trinajstić information content (AvgIpc) is 3.03. The van der Waals surface area contributed by atoms with E-state index in [1.165, 1.54) is 4.88 Å². The fourth-order valence-corrected chi connectivity index (χ4v) is 4.20. The molecule has 0 saturated carbocycles. The molecule has 0 bridgehead atoms. The summed E-state index contributed by atoms with van der Waals surface area (Å²) in [5.41, 5.74) is 5.14. The van der Waals surface area contributed by atoms with E-state index < -0.39 is 0 Å². The summed E-state index contributed by atoms with van der Waals surface area (Å²) in [5.74, 6) is -0.0508. The van der Waals surface area contributed by atoms with Crippen LogP contribution < -0.4 is 5.32 Å². The number of amides is 1. The van der Waals surface area contributed by atoms with E-state index >= 15 is 0 Å². The van der Waals surface area contributed by atoms with Gasteiger partial charge in [-0.1, -0.05) is 23.8 Å². The number of rotatable bonds is 3. The summed E-state index contributed by atoms with van der Waals surface area (Å²) in [6, 6.07) is 8.40. The van der Waals surface area contributed by atoms with Crippen LogP contribution in [0.4, 0.5) is 5.00 Å². The van der Waals surface area contributed by atoms with Crippen molar-refractivity contribution in [1.82, 2.24) is 0 Å². The third-order valence-corrected chi connectivity index (χ3v) is 5.35. The molecule has 1 aromatic heterocycles. The Bertz CT molecular complexity index is 783. The molecule has 22 heavy (non-hydrogen) atoms. The van der Waals surface area contributed by atoms with Crippen LogP contribution in [0.25, 0.3) is 0 Å². The largest absolute Gasteiger partial charge is 0.316 e. The lowest BCUT2D eigenvalue weighted by Gasteiger charge is -2.08.